The van der Waals surface area contributed by atoms with Crippen molar-refractivity contribution in [1.29, 1.82) is 0 Å². The van der Waals surface area contributed by atoms with Crippen LogP contribution in [0, 0.1) is 19.7 Å². The molecule has 0 unspecified atom stereocenters. The van der Waals surface area contributed by atoms with Crippen LogP contribution in [0.25, 0.3) is 17.0 Å². The van der Waals surface area contributed by atoms with E-state index >= 15 is 0 Å². The number of rotatable bonds is 6. The summed E-state index contributed by atoms with van der Waals surface area (Å²) in [6, 6.07) is 1.21. The fraction of sp³-hybridized carbons (Fsp3) is 0.320. The van der Waals surface area contributed by atoms with Gasteiger partial charge in [-0.25, -0.2) is 4.39 Å². The number of amides is 1. The molecule has 1 aliphatic rings. The maximum absolute atomic E-state index is 14.7. The van der Waals surface area contributed by atoms with Gasteiger partial charge in [-0.2, -0.15) is 0 Å². The summed E-state index contributed by atoms with van der Waals surface area (Å²) in [6.45, 7) is 14.4. The van der Waals surface area contributed by atoms with Crippen molar-refractivity contribution in [2.45, 2.75) is 34.1 Å². The summed E-state index contributed by atoms with van der Waals surface area (Å²) in [6.07, 6.45) is 12.7. The van der Waals surface area contributed by atoms with E-state index in [2.05, 4.69) is 22.5 Å². The SMILES string of the molecule is C=CCN1CCC=C(/C=C\C=C\c2c(F)cc(C(N)=O)c3[nH]c(C)c(C)c23)C1.CC. The topological polar surface area (TPSA) is 62.1 Å². The largest absolute Gasteiger partial charge is 0.366 e. The van der Waals surface area contributed by atoms with Gasteiger partial charge < -0.3 is 10.7 Å². The van der Waals surface area contributed by atoms with Crippen LogP contribution in [0.2, 0.25) is 0 Å². The van der Waals surface area contributed by atoms with Crippen molar-refractivity contribution in [1.82, 2.24) is 9.88 Å². The molecule has 0 aliphatic carbocycles. The van der Waals surface area contributed by atoms with Crippen LogP contribution < -0.4 is 5.73 Å². The molecule has 0 spiro atoms. The van der Waals surface area contributed by atoms with E-state index in [-0.39, 0.29) is 5.56 Å². The second-order valence-corrected chi connectivity index (χ2v) is 7.12. The second kappa shape index (κ2) is 10.7. The number of hydrogen-bond acceptors (Lipinski definition) is 2. The maximum atomic E-state index is 14.7. The van der Waals surface area contributed by atoms with Crippen molar-refractivity contribution < 1.29 is 9.18 Å². The van der Waals surface area contributed by atoms with Crippen molar-refractivity contribution in [2.24, 2.45) is 5.73 Å². The van der Waals surface area contributed by atoms with Crippen LogP contribution in [0.4, 0.5) is 4.39 Å². The Labute approximate surface area is 178 Å². The monoisotopic (exact) mass is 409 g/mol. The second-order valence-electron chi connectivity index (χ2n) is 7.12. The number of nitrogens with one attached hydrogen (secondary N) is 1. The number of nitrogens with two attached hydrogens (primary N) is 1. The molecule has 3 N–H and O–H groups in total. The minimum Gasteiger partial charge on any atom is -0.366 e. The number of allylic oxidation sites excluding steroid dienone is 2. The van der Waals surface area contributed by atoms with Gasteiger partial charge in [-0.15, -0.1) is 6.58 Å². The van der Waals surface area contributed by atoms with Gasteiger partial charge in [0.15, 0.2) is 0 Å². The summed E-state index contributed by atoms with van der Waals surface area (Å²) in [5, 5.41) is 0.699. The number of benzene rings is 1. The lowest BCUT2D eigenvalue weighted by molar-refractivity contribution is 0.100. The van der Waals surface area contributed by atoms with E-state index in [0.717, 1.165) is 37.3 Å². The summed E-state index contributed by atoms with van der Waals surface area (Å²) in [5.41, 5.74) is 9.68. The Kier molecular flexibility index (Phi) is 8.36. The maximum Gasteiger partial charge on any atom is 0.250 e. The molecule has 5 heteroatoms. The third kappa shape index (κ3) is 5.16. The number of halogens is 1. The standard InChI is InChI=1S/C23H26FN3O.C2H6/c1-4-11-27-12-7-9-17(14-27)8-5-6-10-18-20(24)13-19(23(25)28)22-21(18)15(2)16(3)26-22;1-2/h4-6,8-10,13,26H,1,7,11-12,14H2,2-3H3,(H2,25,28);1-2H3/b8-5-,10-6+;. The molecule has 0 radical (unpaired) electrons. The van der Waals surface area contributed by atoms with Crippen LogP contribution >= 0.6 is 0 Å². The molecule has 0 fully saturated rings. The highest BCUT2D eigenvalue weighted by Gasteiger charge is 2.18. The first-order chi connectivity index (χ1) is 14.4. The normalized spacial score (nSPS) is 14.8. The van der Waals surface area contributed by atoms with Gasteiger partial charge in [0, 0.05) is 36.3 Å². The molecule has 4 nitrogen and oxygen atoms in total. The molecule has 0 saturated carbocycles. The number of H-pyrrole nitrogens is 1. The molecule has 1 aromatic heterocycles. The van der Waals surface area contributed by atoms with Gasteiger partial charge in [0.2, 0.25) is 0 Å². The summed E-state index contributed by atoms with van der Waals surface area (Å²) in [5.74, 6) is -1.10. The Morgan fingerprint density at radius 2 is 2.00 bits per heavy atom. The quantitative estimate of drug-likeness (QED) is 0.493. The molecule has 2 aromatic rings. The Bertz CT molecular complexity index is 1010. The zero-order chi connectivity index (χ0) is 22.3. The zero-order valence-electron chi connectivity index (χ0n) is 18.4. The lowest BCUT2D eigenvalue weighted by Crippen LogP contribution is -2.29. The van der Waals surface area contributed by atoms with Crippen molar-refractivity contribution in [2.75, 3.05) is 19.6 Å². The summed E-state index contributed by atoms with van der Waals surface area (Å²) in [4.78, 5) is 17.2. The number of carbonyl (C=O) groups is 1. The summed E-state index contributed by atoms with van der Waals surface area (Å²) in [7, 11) is 0. The molecule has 0 saturated heterocycles. The van der Waals surface area contributed by atoms with Gasteiger partial charge in [-0.1, -0.05) is 50.3 Å². The predicted molar refractivity (Wildman–Crippen MR) is 125 cm³/mol. The minimum atomic E-state index is -0.645. The number of aromatic nitrogens is 1. The summed E-state index contributed by atoms with van der Waals surface area (Å²) < 4.78 is 14.7. The first kappa shape index (κ1) is 23.4. The molecule has 0 bridgehead atoms. The number of fused-ring (bicyclic) bond motifs is 1. The van der Waals surface area contributed by atoms with Crippen LogP contribution in [0.15, 0.2) is 48.6 Å². The number of carbonyl (C=O) groups excluding carboxylic acids is 1. The third-order valence-corrected chi connectivity index (χ3v) is 5.16. The zero-order valence-corrected chi connectivity index (χ0v) is 18.4. The number of nitrogens with zero attached hydrogens (tertiary/aromatic N) is 1. The van der Waals surface area contributed by atoms with Crippen molar-refractivity contribution >= 4 is 22.9 Å². The van der Waals surface area contributed by atoms with Crippen LogP contribution in [0.1, 0.15) is 47.4 Å². The van der Waals surface area contributed by atoms with E-state index in [9.17, 15) is 9.18 Å². The highest BCUT2D eigenvalue weighted by molar-refractivity contribution is 6.08. The molecular weight excluding hydrogens is 377 g/mol. The molecule has 160 valence electrons. The molecule has 1 aliphatic heterocycles. The first-order valence-corrected chi connectivity index (χ1v) is 10.4. The van der Waals surface area contributed by atoms with Gasteiger partial charge in [-0.05, 0) is 37.5 Å². The van der Waals surface area contributed by atoms with E-state index in [1.807, 2.05) is 52.0 Å². The lowest BCUT2D eigenvalue weighted by atomic mass is 10.0. The molecule has 1 amide bonds. The molecule has 3 rings (SSSR count). The highest BCUT2D eigenvalue weighted by atomic mass is 19.1. The number of primary amides is 1. The summed E-state index contributed by atoms with van der Waals surface area (Å²) >= 11 is 0. The van der Waals surface area contributed by atoms with E-state index < -0.39 is 11.7 Å². The van der Waals surface area contributed by atoms with Gasteiger partial charge in [0.25, 0.3) is 5.91 Å². The predicted octanol–water partition coefficient (Wildman–Crippen LogP) is 5.44. The van der Waals surface area contributed by atoms with E-state index in [1.165, 1.54) is 11.6 Å². The Morgan fingerprint density at radius 3 is 2.67 bits per heavy atom. The van der Waals surface area contributed by atoms with Crippen LogP contribution in [-0.2, 0) is 0 Å². The van der Waals surface area contributed by atoms with Gasteiger partial charge in [0.1, 0.15) is 5.82 Å². The van der Waals surface area contributed by atoms with Crippen LogP contribution in [0.3, 0.4) is 0 Å². The molecule has 1 aromatic carbocycles. The number of aryl methyl sites for hydroxylation is 2. The first-order valence-electron chi connectivity index (χ1n) is 10.4. The van der Waals surface area contributed by atoms with Crippen molar-refractivity contribution in [3.8, 4) is 0 Å². The van der Waals surface area contributed by atoms with Gasteiger partial charge >= 0.3 is 0 Å². The minimum absolute atomic E-state index is 0.172. The Balaban J connectivity index is 0.00000155. The van der Waals surface area contributed by atoms with Gasteiger partial charge in [0.05, 0.1) is 11.1 Å². The Hall–Kier alpha value is -2.92. The van der Waals surface area contributed by atoms with Crippen molar-refractivity contribution in [3.05, 3.63) is 76.8 Å². The Morgan fingerprint density at radius 1 is 1.30 bits per heavy atom. The van der Waals surface area contributed by atoms with E-state index in [1.54, 1.807) is 6.08 Å². The number of hydrogen-bond donors (Lipinski definition) is 2. The van der Waals surface area contributed by atoms with E-state index in [4.69, 9.17) is 5.73 Å². The fourth-order valence-electron chi connectivity index (χ4n) is 3.64. The average molecular weight is 410 g/mol. The number of aromatic amines is 1. The van der Waals surface area contributed by atoms with Crippen molar-refractivity contribution in [3.63, 3.8) is 0 Å². The molecular formula is C25H32FN3O. The van der Waals surface area contributed by atoms with Gasteiger partial charge in [-0.3, -0.25) is 9.69 Å². The average Bonchev–Trinajstić information content (AvgIpc) is 3.03. The van der Waals surface area contributed by atoms with E-state index in [0.29, 0.717) is 16.5 Å². The molecule has 0 atom stereocenters. The smallest absolute Gasteiger partial charge is 0.250 e. The third-order valence-electron chi connectivity index (χ3n) is 5.16. The lowest BCUT2D eigenvalue weighted by Gasteiger charge is -2.24. The van der Waals surface area contributed by atoms with Crippen LogP contribution in [0.5, 0.6) is 0 Å². The molecule has 2 heterocycles. The fourth-order valence-corrected chi connectivity index (χ4v) is 3.64. The molecule has 30 heavy (non-hydrogen) atoms. The highest BCUT2D eigenvalue weighted by Crippen LogP contribution is 2.31. The van der Waals surface area contributed by atoms with Crippen LogP contribution in [-0.4, -0.2) is 35.4 Å².